The van der Waals surface area contributed by atoms with Crippen molar-refractivity contribution in [2.45, 2.75) is 0 Å². The summed E-state index contributed by atoms with van der Waals surface area (Å²) in [6.07, 6.45) is 0. The Kier molecular flexibility index (Phi) is 7.84. The number of halogens is 3. The Bertz CT molecular complexity index is 178. The Labute approximate surface area is 98.0 Å². The van der Waals surface area contributed by atoms with Crippen LogP contribution >= 0.6 is 0 Å². The summed E-state index contributed by atoms with van der Waals surface area (Å²) in [5.74, 6) is 0. The SMILES string of the molecule is FB(F)F.[K][c]1ccccc1. The molecule has 0 aliphatic carbocycles. The summed E-state index contributed by atoms with van der Waals surface area (Å²) in [6, 6.07) is 10.6. The Morgan fingerprint density at radius 1 is 1.00 bits per heavy atom. The molecule has 0 saturated heterocycles. The average Bonchev–Trinajstić information content (AvgIpc) is 1.87. The van der Waals surface area contributed by atoms with E-state index in [1.54, 1.807) is 0 Å². The molecular formula is C6H5BF3K. The van der Waals surface area contributed by atoms with Gasteiger partial charge in [-0.05, 0) is 0 Å². The molecule has 0 bridgehead atoms. The number of rotatable bonds is 0. The van der Waals surface area contributed by atoms with Gasteiger partial charge in [-0.2, -0.15) is 0 Å². The second kappa shape index (κ2) is 7.37. The van der Waals surface area contributed by atoms with Crippen LogP contribution < -0.4 is -0.342 Å². The third-order valence-corrected chi connectivity index (χ3v) is 1.98. The van der Waals surface area contributed by atoms with Crippen LogP contribution in [0.2, 0.25) is 0 Å². The maximum atomic E-state index is 9.67. The quantitative estimate of drug-likeness (QED) is 0.534. The molecule has 1 aromatic rings. The maximum absolute atomic E-state index is 9.67. The second-order valence-electron chi connectivity index (χ2n) is 1.90. The Hall–Kier alpha value is 0.711. The number of hydrogen-bond acceptors (Lipinski definition) is 0. The molecule has 0 N–H and O–H groups in total. The van der Waals surface area contributed by atoms with E-state index in [1.807, 2.05) is 0 Å². The van der Waals surface area contributed by atoms with Crippen LogP contribution in [0.1, 0.15) is 0 Å². The van der Waals surface area contributed by atoms with Gasteiger partial charge >= 0.3 is 86.5 Å². The van der Waals surface area contributed by atoms with Gasteiger partial charge in [0.05, 0.1) is 0 Å². The second-order valence-corrected chi connectivity index (χ2v) is 3.71. The molecule has 0 saturated carbocycles. The first-order valence-electron chi connectivity index (χ1n) is 3.07. The van der Waals surface area contributed by atoms with E-state index >= 15 is 0 Å². The van der Waals surface area contributed by atoms with E-state index in [0.717, 1.165) is 49.0 Å². The van der Waals surface area contributed by atoms with Gasteiger partial charge in [-0.1, -0.05) is 0 Å². The van der Waals surface area contributed by atoms with Crippen LogP contribution in [-0.2, 0) is 0 Å². The standard InChI is InChI=1S/C6H5.BF3.K/c1-2-4-6-5-3-1;2-1(3)4;/h1-5H;;. The molecule has 0 aliphatic rings. The van der Waals surface area contributed by atoms with E-state index < -0.39 is 7.54 Å². The van der Waals surface area contributed by atoms with Gasteiger partial charge in [0.15, 0.2) is 0 Å². The zero-order valence-corrected chi connectivity index (χ0v) is 9.22. The molecule has 0 unspecified atom stereocenters. The van der Waals surface area contributed by atoms with Crippen molar-refractivity contribution in [1.82, 2.24) is 0 Å². The summed E-state index contributed by atoms with van der Waals surface area (Å²) in [4.78, 5) is 0. The van der Waals surface area contributed by atoms with Gasteiger partial charge in [0.1, 0.15) is 0 Å². The molecule has 0 spiro atoms. The van der Waals surface area contributed by atoms with Gasteiger partial charge in [0.25, 0.3) is 0 Å². The van der Waals surface area contributed by atoms with Gasteiger partial charge in [-0.25, -0.2) is 0 Å². The molecule has 1 aromatic carbocycles. The van der Waals surface area contributed by atoms with E-state index in [2.05, 4.69) is 30.3 Å². The molecule has 0 aromatic heterocycles. The summed E-state index contributed by atoms with van der Waals surface area (Å²) >= 11 is 0.855. The van der Waals surface area contributed by atoms with Crippen molar-refractivity contribution >= 4 is 56.2 Å². The van der Waals surface area contributed by atoms with Crippen LogP contribution in [0, 0.1) is 0 Å². The molecule has 0 atom stereocenters. The minimum absolute atomic E-state index is 0.855. The van der Waals surface area contributed by atoms with Crippen molar-refractivity contribution in [3.63, 3.8) is 0 Å². The first-order valence-corrected chi connectivity index (χ1v) is 4.63. The number of hydrogen-bond donors (Lipinski definition) is 0. The summed E-state index contributed by atoms with van der Waals surface area (Å²) < 4.78 is 30.5. The molecular weight excluding hydrogens is 179 g/mol. The first kappa shape index (κ1) is 11.7. The van der Waals surface area contributed by atoms with E-state index in [-0.39, 0.29) is 0 Å². The van der Waals surface area contributed by atoms with Crippen LogP contribution in [0.5, 0.6) is 0 Å². The fourth-order valence-electron chi connectivity index (χ4n) is 0.534. The Morgan fingerprint density at radius 3 is 1.55 bits per heavy atom. The fraction of sp³-hybridized carbons (Fsp3) is 0. The van der Waals surface area contributed by atoms with Gasteiger partial charge in [0, 0.05) is 0 Å². The van der Waals surface area contributed by atoms with Gasteiger partial charge in [0.2, 0.25) is 0 Å². The Morgan fingerprint density at radius 2 is 1.36 bits per heavy atom. The molecule has 0 heterocycles. The molecule has 0 amide bonds. The van der Waals surface area contributed by atoms with Crippen molar-refractivity contribution in [3.05, 3.63) is 30.3 Å². The van der Waals surface area contributed by atoms with E-state index in [4.69, 9.17) is 0 Å². The van der Waals surface area contributed by atoms with E-state index in [0.29, 0.717) is 0 Å². The summed E-state index contributed by atoms with van der Waals surface area (Å²) in [5.41, 5.74) is 0. The van der Waals surface area contributed by atoms with E-state index in [1.165, 1.54) is -0.342 Å². The normalized spacial score (nSPS) is 8.09. The first-order chi connectivity index (χ1) is 5.13. The predicted molar refractivity (Wildman–Crippen MR) is 40.9 cm³/mol. The average molecular weight is 184 g/mol. The molecule has 0 fully saturated rings. The van der Waals surface area contributed by atoms with Gasteiger partial charge in [-0.15, -0.1) is 0 Å². The van der Waals surface area contributed by atoms with E-state index in [9.17, 15) is 12.9 Å². The molecule has 0 nitrogen and oxygen atoms in total. The summed E-state index contributed by atoms with van der Waals surface area (Å²) in [5, 5.41) is 0. The minimum atomic E-state index is -3.67. The van der Waals surface area contributed by atoms with Crippen LogP contribution in [0.4, 0.5) is 12.9 Å². The van der Waals surface area contributed by atoms with Crippen molar-refractivity contribution in [3.8, 4) is 0 Å². The van der Waals surface area contributed by atoms with Crippen LogP contribution in [0.25, 0.3) is 0 Å². The molecule has 0 radical (unpaired) electrons. The molecule has 5 heteroatoms. The molecule has 0 aliphatic heterocycles. The monoisotopic (exact) mass is 184 g/mol. The van der Waals surface area contributed by atoms with Gasteiger partial charge in [-0.3, -0.25) is 12.9 Å². The Balaban J connectivity index is 0.000000218. The van der Waals surface area contributed by atoms with Crippen molar-refractivity contribution < 1.29 is 12.9 Å². The van der Waals surface area contributed by atoms with Crippen molar-refractivity contribution in [2.24, 2.45) is 0 Å². The third-order valence-electron chi connectivity index (χ3n) is 0.940. The zero-order chi connectivity index (χ0) is 8.69. The molecule has 54 valence electrons. The fourth-order valence-corrected chi connectivity index (χ4v) is 1.14. The molecule has 11 heavy (non-hydrogen) atoms. The van der Waals surface area contributed by atoms with Crippen molar-refractivity contribution in [1.29, 1.82) is 0 Å². The van der Waals surface area contributed by atoms with Crippen molar-refractivity contribution in [2.75, 3.05) is 0 Å². The van der Waals surface area contributed by atoms with Crippen LogP contribution in [-0.4, -0.2) is 56.5 Å². The van der Waals surface area contributed by atoms with Crippen LogP contribution in [0.3, 0.4) is 0 Å². The topological polar surface area (TPSA) is 0 Å². The third kappa shape index (κ3) is 10.7. The number of benzene rings is 1. The van der Waals surface area contributed by atoms with Crippen LogP contribution in [0.15, 0.2) is 30.3 Å². The zero-order valence-electron chi connectivity index (χ0n) is 6.10. The van der Waals surface area contributed by atoms with Gasteiger partial charge < -0.3 is 0 Å². The summed E-state index contributed by atoms with van der Waals surface area (Å²) in [6.45, 7) is 0. The summed E-state index contributed by atoms with van der Waals surface area (Å²) in [7, 11) is -3.67. The molecule has 1 rings (SSSR count). The predicted octanol–water partition coefficient (Wildman–Crippen LogP) is 1.36.